The van der Waals surface area contributed by atoms with Crippen molar-refractivity contribution < 1.29 is 13.6 Å². The fraction of sp³-hybridized carbons (Fsp3) is 0.846. The number of carbonyl (C=O) groups is 1. The van der Waals surface area contributed by atoms with Crippen LogP contribution in [0.3, 0.4) is 0 Å². The molecule has 0 aromatic carbocycles. The molecule has 0 N–H and O–H groups in total. The summed E-state index contributed by atoms with van der Waals surface area (Å²) in [5, 5.41) is 2.90. The molecule has 4 fully saturated rings. The van der Waals surface area contributed by atoms with Gasteiger partial charge in [0.25, 0.3) is 0 Å². The van der Waals surface area contributed by atoms with Gasteiger partial charge in [-0.2, -0.15) is 0 Å². The van der Waals surface area contributed by atoms with Crippen LogP contribution in [-0.2, 0) is 11.2 Å². The average Bonchev–Trinajstić information content (AvgIpc) is 3.41. The van der Waals surface area contributed by atoms with E-state index in [-0.39, 0.29) is 17.3 Å². The number of thiazole rings is 1. The number of nitrogens with zero attached hydrogens (tertiary/aromatic N) is 1. The number of hydrogen-bond acceptors (Lipinski definition) is 3. The summed E-state index contributed by atoms with van der Waals surface area (Å²) in [5.74, 6) is 3.50. The number of halogens is 2. The van der Waals surface area contributed by atoms with Crippen molar-refractivity contribution in [3.63, 3.8) is 0 Å². The van der Waals surface area contributed by atoms with Gasteiger partial charge in [-0.15, -0.1) is 11.3 Å². The van der Waals surface area contributed by atoms with Crippen molar-refractivity contribution >= 4 is 17.1 Å². The van der Waals surface area contributed by atoms with Crippen LogP contribution in [0.1, 0.15) is 83.6 Å². The van der Waals surface area contributed by atoms with Gasteiger partial charge >= 0.3 is 0 Å². The Balaban J connectivity index is 0.00000112. The van der Waals surface area contributed by atoms with E-state index in [1.807, 2.05) is 19.2 Å². The van der Waals surface area contributed by atoms with Crippen LogP contribution in [0, 0.1) is 46.8 Å². The molecule has 2 nitrogen and oxygen atoms in total. The molecule has 0 bridgehead atoms. The first kappa shape index (κ1) is 23.3. The Morgan fingerprint density at radius 1 is 1.10 bits per heavy atom. The number of hydrogen-bond donors (Lipinski definition) is 0. The van der Waals surface area contributed by atoms with Crippen LogP contribution in [0.4, 0.5) is 8.78 Å². The second kappa shape index (κ2) is 9.57. The molecule has 5 rings (SSSR count). The lowest BCUT2D eigenvalue weighted by Crippen LogP contribution is -2.49. The molecule has 4 aliphatic rings. The normalized spacial score (nSPS) is 41.5. The summed E-state index contributed by atoms with van der Waals surface area (Å²) in [6, 6.07) is 0. The van der Waals surface area contributed by atoms with Gasteiger partial charge in [-0.25, -0.2) is 13.8 Å². The molecule has 1 heterocycles. The Labute approximate surface area is 190 Å². The van der Waals surface area contributed by atoms with Crippen molar-refractivity contribution in [1.82, 2.24) is 4.98 Å². The largest absolute Gasteiger partial charge is 0.299 e. The van der Waals surface area contributed by atoms with E-state index in [4.69, 9.17) is 0 Å². The zero-order valence-electron chi connectivity index (χ0n) is 19.4. The highest BCUT2D eigenvalue weighted by atomic mass is 32.1. The molecule has 8 atom stereocenters. The highest BCUT2D eigenvalue weighted by molar-refractivity contribution is 7.09. The van der Waals surface area contributed by atoms with E-state index < -0.39 is 6.43 Å². The van der Waals surface area contributed by atoms with E-state index in [0.29, 0.717) is 30.0 Å². The number of fused-ring (bicyclic) bond motifs is 5. The summed E-state index contributed by atoms with van der Waals surface area (Å²) in [7, 11) is 0. The molecule has 174 valence electrons. The summed E-state index contributed by atoms with van der Waals surface area (Å²) in [5.41, 5.74) is 0.141. The summed E-state index contributed by atoms with van der Waals surface area (Å²) in [6.07, 6.45) is 9.56. The van der Waals surface area contributed by atoms with Crippen molar-refractivity contribution in [3.8, 4) is 0 Å². The van der Waals surface area contributed by atoms with Crippen LogP contribution in [0.2, 0.25) is 0 Å². The third kappa shape index (κ3) is 4.25. The van der Waals surface area contributed by atoms with Crippen molar-refractivity contribution in [2.45, 2.75) is 91.4 Å². The highest BCUT2D eigenvalue weighted by Gasteiger charge is 2.58. The molecular weight excluding hydrogens is 412 g/mol. The predicted molar refractivity (Wildman–Crippen MR) is 122 cm³/mol. The Morgan fingerprint density at radius 3 is 2.58 bits per heavy atom. The maximum absolute atomic E-state index is 13.3. The van der Waals surface area contributed by atoms with E-state index in [1.54, 1.807) is 17.5 Å². The Hall–Kier alpha value is -0.840. The number of rotatable bonds is 4. The number of alkyl halides is 2. The third-order valence-electron chi connectivity index (χ3n) is 9.55. The zero-order chi connectivity index (χ0) is 22.2. The predicted octanol–water partition coefficient (Wildman–Crippen LogP) is 7.43. The molecule has 4 saturated carbocycles. The fourth-order valence-corrected chi connectivity index (χ4v) is 8.89. The van der Waals surface area contributed by atoms with Gasteiger partial charge in [0.2, 0.25) is 6.43 Å². The lowest BCUT2D eigenvalue weighted by molar-refractivity contribution is -0.130. The molecule has 1 aromatic heterocycles. The molecule has 0 amide bonds. The monoisotopic (exact) mass is 451 g/mol. The minimum atomic E-state index is -2.14. The molecule has 8 unspecified atom stereocenters. The molecule has 0 saturated heterocycles. The fourth-order valence-electron chi connectivity index (χ4n) is 8.26. The van der Waals surface area contributed by atoms with E-state index in [0.717, 1.165) is 55.4 Å². The second-order valence-electron chi connectivity index (χ2n) is 10.6. The molecule has 0 aliphatic heterocycles. The van der Waals surface area contributed by atoms with Gasteiger partial charge in [0.05, 0.1) is 11.4 Å². The topological polar surface area (TPSA) is 30.0 Å². The molecule has 4 aliphatic carbocycles. The Kier molecular flexibility index (Phi) is 7.20. The van der Waals surface area contributed by atoms with Crippen LogP contribution in [0.5, 0.6) is 0 Å². The quantitative estimate of drug-likeness (QED) is 0.476. The Morgan fingerprint density at radius 2 is 1.87 bits per heavy atom. The number of ketones is 1. The van der Waals surface area contributed by atoms with Crippen LogP contribution in [0.15, 0.2) is 11.6 Å². The first-order chi connectivity index (χ1) is 15.0. The average molecular weight is 452 g/mol. The lowest BCUT2D eigenvalue weighted by Gasteiger charge is -2.56. The van der Waals surface area contributed by atoms with Crippen molar-refractivity contribution in [2.24, 2.45) is 46.8 Å². The van der Waals surface area contributed by atoms with Crippen LogP contribution >= 0.6 is 11.3 Å². The van der Waals surface area contributed by atoms with Crippen LogP contribution < -0.4 is 0 Å². The van der Waals surface area contributed by atoms with E-state index in [1.165, 1.54) is 19.3 Å². The van der Waals surface area contributed by atoms with Gasteiger partial charge in [0, 0.05) is 23.4 Å². The zero-order valence-corrected chi connectivity index (χ0v) is 20.2. The summed E-state index contributed by atoms with van der Waals surface area (Å²) in [6.45, 7) is 6.39. The number of aromatic nitrogens is 1. The summed E-state index contributed by atoms with van der Waals surface area (Å²) < 4.78 is 26.5. The standard InChI is InChI=1S/C24H33F2NOS.C2H6/c1-24-9-8-17-16-4-3-15(23(25)26)12-14(16)2-5-18(17)19(24)6-7-20(24)21(28)13-22-27-10-11-29-22;1-2/h10-11,14-20,23H,2-9,12-13H2,1H3;1-2H3. The Bertz CT molecular complexity index is 738. The molecule has 0 spiro atoms. The minimum Gasteiger partial charge on any atom is -0.299 e. The SMILES string of the molecule is CC.CC12CCC3C4CCC(C(F)F)CC4CCC3C1CCC2C(=O)Cc1nccs1. The minimum absolute atomic E-state index is 0.141. The van der Waals surface area contributed by atoms with Crippen molar-refractivity contribution in [3.05, 3.63) is 16.6 Å². The van der Waals surface area contributed by atoms with Gasteiger partial charge in [-0.05, 0) is 92.8 Å². The molecule has 0 radical (unpaired) electrons. The molecular formula is C26H39F2NOS. The highest BCUT2D eigenvalue weighted by Crippen LogP contribution is 2.64. The first-order valence-corrected chi connectivity index (χ1v) is 13.5. The molecule has 5 heteroatoms. The maximum Gasteiger partial charge on any atom is 0.241 e. The van der Waals surface area contributed by atoms with Crippen molar-refractivity contribution in [2.75, 3.05) is 0 Å². The molecule has 1 aromatic rings. The van der Waals surface area contributed by atoms with E-state index >= 15 is 0 Å². The van der Waals surface area contributed by atoms with Gasteiger partial charge in [-0.3, -0.25) is 4.79 Å². The van der Waals surface area contributed by atoms with Crippen LogP contribution in [0.25, 0.3) is 0 Å². The second-order valence-corrected chi connectivity index (χ2v) is 11.6. The summed E-state index contributed by atoms with van der Waals surface area (Å²) in [4.78, 5) is 17.5. The lowest BCUT2D eigenvalue weighted by atomic mass is 9.49. The smallest absolute Gasteiger partial charge is 0.241 e. The van der Waals surface area contributed by atoms with Gasteiger partial charge < -0.3 is 0 Å². The van der Waals surface area contributed by atoms with Gasteiger partial charge in [0.1, 0.15) is 5.78 Å². The molecule has 31 heavy (non-hydrogen) atoms. The number of carbonyl (C=O) groups excluding carboxylic acids is 1. The first-order valence-electron chi connectivity index (χ1n) is 12.7. The van der Waals surface area contributed by atoms with E-state index in [9.17, 15) is 13.6 Å². The summed E-state index contributed by atoms with van der Waals surface area (Å²) >= 11 is 1.59. The maximum atomic E-state index is 13.3. The van der Waals surface area contributed by atoms with Gasteiger partial charge in [-0.1, -0.05) is 20.8 Å². The van der Waals surface area contributed by atoms with Crippen LogP contribution in [-0.4, -0.2) is 17.2 Å². The van der Waals surface area contributed by atoms with E-state index in [2.05, 4.69) is 11.9 Å². The third-order valence-corrected chi connectivity index (χ3v) is 10.3. The van der Waals surface area contributed by atoms with Gasteiger partial charge in [0.15, 0.2) is 0 Å². The van der Waals surface area contributed by atoms with Crippen molar-refractivity contribution in [1.29, 1.82) is 0 Å². The number of Topliss-reactive ketones (excluding diaryl/α,β-unsaturated/α-hetero) is 1.